The number of ether oxygens (including phenoxy) is 4. The lowest BCUT2D eigenvalue weighted by molar-refractivity contribution is -0.153. The number of carbonyl (C=O) groups excluding carboxylic acids is 2. The Hall–Kier alpha value is -4.86. The summed E-state index contributed by atoms with van der Waals surface area (Å²) in [6.07, 6.45) is 1.25. The number of halogens is 1. The number of nitrogens with zero attached hydrogens (tertiary/aromatic N) is 2. The number of benzene rings is 3. The molecule has 0 aliphatic heterocycles. The van der Waals surface area contributed by atoms with E-state index < -0.39 is 29.2 Å². The molecule has 4 rings (SSSR count). The van der Waals surface area contributed by atoms with Gasteiger partial charge < -0.3 is 24.3 Å². The van der Waals surface area contributed by atoms with Crippen LogP contribution < -0.4 is 14.8 Å². The van der Waals surface area contributed by atoms with E-state index in [0.717, 1.165) is 11.3 Å². The Balaban J connectivity index is 1.62. The summed E-state index contributed by atoms with van der Waals surface area (Å²) in [7, 11) is 1.83. The average molecular weight is 646 g/mol. The van der Waals surface area contributed by atoms with E-state index in [4.69, 9.17) is 18.9 Å². The molecular weight excluding hydrogens is 601 g/mol. The summed E-state index contributed by atoms with van der Waals surface area (Å²) < 4.78 is 41.0. The minimum atomic E-state index is -0.686. The van der Waals surface area contributed by atoms with Gasteiger partial charge in [-0.15, -0.1) is 0 Å². The Morgan fingerprint density at radius 3 is 2.30 bits per heavy atom. The second-order valence-electron chi connectivity index (χ2n) is 13.4. The average Bonchev–Trinajstić information content (AvgIpc) is 3.38. The summed E-state index contributed by atoms with van der Waals surface area (Å²) in [5, 5.41) is 7.09. The molecule has 1 unspecified atom stereocenters. The first-order valence-corrected chi connectivity index (χ1v) is 15.5. The zero-order valence-electron chi connectivity index (χ0n) is 28.3. The summed E-state index contributed by atoms with van der Waals surface area (Å²) in [6, 6.07) is 19.0. The number of hydrogen-bond acceptors (Lipinski definition) is 7. The van der Waals surface area contributed by atoms with E-state index in [0.29, 0.717) is 33.8 Å². The van der Waals surface area contributed by atoms with Crippen molar-refractivity contribution in [1.29, 1.82) is 0 Å². The molecule has 0 aliphatic rings. The molecule has 4 aromatic rings. The third-order valence-electron chi connectivity index (χ3n) is 6.78. The Morgan fingerprint density at radius 2 is 1.62 bits per heavy atom. The van der Waals surface area contributed by atoms with E-state index in [2.05, 4.69) is 10.4 Å². The number of carbonyl (C=O) groups is 2. The number of amides is 1. The number of aromatic nitrogens is 2. The van der Waals surface area contributed by atoms with Gasteiger partial charge in [-0.3, -0.25) is 9.48 Å². The number of aryl methyl sites for hydroxylation is 1. The van der Waals surface area contributed by atoms with Gasteiger partial charge in [-0.2, -0.15) is 5.10 Å². The van der Waals surface area contributed by atoms with Gasteiger partial charge in [0.25, 0.3) is 0 Å². The Kier molecular flexibility index (Phi) is 11.0. The first-order valence-electron chi connectivity index (χ1n) is 15.5. The van der Waals surface area contributed by atoms with Gasteiger partial charge in [-0.05, 0) is 89.9 Å². The quantitative estimate of drug-likeness (QED) is 0.166. The molecule has 250 valence electrons. The molecule has 0 saturated heterocycles. The van der Waals surface area contributed by atoms with Gasteiger partial charge in [0, 0.05) is 29.9 Å². The van der Waals surface area contributed by atoms with Crippen molar-refractivity contribution in [1.82, 2.24) is 15.1 Å². The summed E-state index contributed by atoms with van der Waals surface area (Å²) in [4.78, 5) is 25.0. The lowest BCUT2D eigenvalue weighted by Crippen LogP contribution is -2.34. The van der Waals surface area contributed by atoms with Crippen LogP contribution in [0.5, 0.6) is 11.5 Å². The van der Waals surface area contributed by atoms with Gasteiger partial charge in [0.1, 0.15) is 41.7 Å². The van der Waals surface area contributed by atoms with Gasteiger partial charge in [-0.25, -0.2) is 9.18 Å². The largest absolute Gasteiger partial charge is 0.489 e. The van der Waals surface area contributed by atoms with Crippen LogP contribution in [0, 0.1) is 5.82 Å². The smallest absolute Gasteiger partial charge is 0.408 e. The molecule has 1 atom stereocenters. The predicted octanol–water partition coefficient (Wildman–Crippen LogP) is 7.85. The van der Waals surface area contributed by atoms with Crippen LogP contribution >= 0.6 is 0 Å². The lowest BCUT2D eigenvalue weighted by Gasteiger charge is -2.22. The maximum atomic E-state index is 16.1. The SMILES string of the molecule is CC(NC(=O)OC(C)(C)C)c1cccc(-c2cc(COc3ccccc3CC(=O)OC(C)(C)C)cc(OCc3ccn(C)n3)c2)c1F. The molecule has 0 radical (unpaired) electrons. The number of rotatable bonds is 11. The highest BCUT2D eigenvalue weighted by molar-refractivity contribution is 5.74. The van der Waals surface area contributed by atoms with Crippen LogP contribution in [-0.4, -0.2) is 33.0 Å². The van der Waals surface area contributed by atoms with Crippen molar-refractivity contribution in [3.8, 4) is 22.6 Å². The van der Waals surface area contributed by atoms with Crippen molar-refractivity contribution in [2.24, 2.45) is 7.05 Å². The summed E-state index contributed by atoms with van der Waals surface area (Å²) in [6.45, 7) is 12.8. The van der Waals surface area contributed by atoms with Gasteiger partial charge in [0.05, 0.1) is 18.2 Å². The number of alkyl carbamates (subject to hydrolysis) is 1. The minimum absolute atomic E-state index is 0.0550. The summed E-state index contributed by atoms with van der Waals surface area (Å²) >= 11 is 0. The third-order valence-corrected chi connectivity index (χ3v) is 6.78. The second-order valence-corrected chi connectivity index (χ2v) is 13.4. The van der Waals surface area contributed by atoms with Gasteiger partial charge >= 0.3 is 12.1 Å². The fraction of sp³-hybridized carbons (Fsp3) is 0.378. The van der Waals surface area contributed by atoms with E-state index >= 15 is 4.39 Å². The maximum absolute atomic E-state index is 16.1. The molecule has 10 heteroatoms. The molecule has 9 nitrogen and oxygen atoms in total. The van der Waals surface area contributed by atoms with Gasteiger partial charge in [0.15, 0.2) is 0 Å². The van der Waals surface area contributed by atoms with E-state index in [-0.39, 0.29) is 25.6 Å². The van der Waals surface area contributed by atoms with Crippen LogP contribution in [0.2, 0.25) is 0 Å². The third kappa shape index (κ3) is 10.6. The molecule has 1 aromatic heterocycles. The van der Waals surface area contributed by atoms with Crippen LogP contribution in [0.15, 0.2) is 72.9 Å². The van der Waals surface area contributed by atoms with Gasteiger partial charge in [-0.1, -0.05) is 36.4 Å². The Bertz CT molecular complexity index is 1700. The minimum Gasteiger partial charge on any atom is -0.489 e. The van der Waals surface area contributed by atoms with Crippen LogP contribution in [0.25, 0.3) is 11.1 Å². The molecule has 1 N–H and O–H groups in total. The molecule has 0 saturated carbocycles. The molecule has 47 heavy (non-hydrogen) atoms. The first kappa shape index (κ1) is 35.0. The van der Waals surface area contributed by atoms with E-state index in [1.165, 1.54) is 0 Å². The topological polar surface area (TPSA) is 101 Å². The lowest BCUT2D eigenvalue weighted by atomic mass is 9.97. The predicted molar refractivity (Wildman–Crippen MR) is 177 cm³/mol. The Morgan fingerprint density at radius 1 is 0.894 bits per heavy atom. The molecule has 0 aliphatic carbocycles. The highest BCUT2D eigenvalue weighted by atomic mass is 19.1. The Labute approximate surface area is 276 Å². The zero-order valence-corrected chi connectivity index (χ0v) is 28.3. The fourth-order valence-electron chi connectivity index (χ4n) is 4.83. The molecule has 1 heterocycles. The van der Waals surface area contributed by atoms with E-state index in [9.17, 15) is 9.59 Å². The monoisotopic (exact) mass is 645 g/mol. The normalized spacial score (nSPS) is 12.3. The fourth-order valence-corrected chi connectivity index (χ4v) is 4.83. The first-order chi connectivity index (χ1) is 22.1. The highest BCUT2D eigenvalue weighted by Crippen LogP contribution is 2.33. The van der Waals surface area contributed by atoms with E-state index in [1.54, 1.807) is 62.7 Å². The van der Waals surface area contributed by atoms with Crippen molar-refractivity contribution < 1.29 is 32.9 Å². The molecule has 1 amide bonds. The molecule has 0 fully saturated rings. The maximum Gasteiger partial charge on any atom is 0.408 e. The van der Waals surface area contributed by atoms with Crippen molar-refractivity contribution in [2.45, 2.75) is 85.3 Å². The van der Waals surface area contributed by atoms with Crippen molar-refractivity contribution in [2.75, 3.05) is 0 Å². The summed E-state index contributed by atoms with van der Waals surface area (Å²) in [5.74, 6) is 0.201. The van der Waals surface area contributed by atoms with Crippen LogP contribution in [-0.2, 0) is 41.0 Å². The number of para-hydroxylation sites is 1. The molecule has 3 aromatic carbocycles. The van der Waals surface area contributed by atoms with Crippen molar-refractivity contribution in [3.05, 3.63) is 101 Å². The van der Waals surface area contributed by atoms with Crippen molar-refractivity contribution >= 4 is 12.1 Å². The van der Waals surface area contributed by atoms with E-state index in [1.807, 2.05) is 70.4 Å². The van der Waals surface area contributed by atoms with Gasteiger partial charge in [0.2, 0.25) is 0 Å². The number of hydrogen-bond donors (Lipinski definition) is 1. The number of esters is 1. The van der Waals surface area contributed by atoms with Crippen molar-refractivity contribution in [3.63, 3.8) is 0 Å². The molecule has 0 bridgehead atoms. The standard InChI is InChI=1S/C37H44FN3O6/c1-24(39-35(43)47-37(5,6)7)30-13-11-14-31(34(30)38)27-18-25(19-29(20-27)44-23-28-16-17-41(8)40-28)22-45-32-15-10-9-12-26(32)21-33(42)46-36(2,3)4/h9-20,24H,21-23H2,1-8H3,(H,39,43). The van der Waals surface area contributed by atoms with Crippen LogP contribution in [0.3, 0.4) is 0 Å². The molecular formula is C37H44FN3O6. The van der Waals surface area contributed by atoms with Crippen LogP contribution in [0.4, 0.5) is 9.18 Å². The number of nitrogens with one attached hydrogen (secondary N) is 1. The highest BCUT2D eigenvalue weighted by Gasteiger charge is 2.22. The zero-order chi connectivity index (χ0) is 34.4. The van der Waals surface area contributed by atoms with Crippen LogP contribution in [0.1, 0.15) is 76.9 Å². The summed E-state index contributed by atoms with van der Waals surface area (Å²) in [5.41, 5.74) is 2.06. The molecule has 0 spiro atoms. The second kappa shape index (κ2) is 14.7.